The van der Waals surface area contributed by atoms with E-state index in [2.05, 4.69) is 15.6 Å². The maximum Gasteiger partial charge on any atom is 0.321 e. The molecular formula is C22H24N4O2. The van der Waals surface area contributed by atoms with Crippen molar-refractivity contribution >= 4 is 34.2 Å². The second kappa shape index (κ2) is 7.38. The lowest BCUT2D eigenvalue weighted by atomic mass is 10.1. The Hall–Kier alpha value is -3.28. The van der Waals surface area contributed by atoms with Gasteiger partial charge < -0.3 is 20.5 Å². The second-order valence-corrected chi connectivity index (χ2v) is 7.26. The topological polar surface area (TPSA) is 77.2 Å². The highest BCUT2D eigenvalue weighted by molar-refractivity contribution is 6.08. The smallest absolute Gasteiger partial charge is 0.321 e. The lowest BCUT2D eigenvalue weighted by Gasteiger charge is -2.18. The summed E-state index contributed by atoms with van der Waals surface area (Å²) in [4.78, 5) is 30.3. The summed E-state index contributed by atoms with van der Waals surface area (Å²) in [7, 11) is 0. The highest BCUT2D eigenvalue weighted by Crippen LogP contribution is 2.25. The molecule has 0 saturated carbocycles. The molecule has 1 saturated heterocycles. The minimum Gasteiger partial charge on any atom is -0.358 e. The Kier molecular flexibility index (Phi) is 4.77. The van der Waals surface area contributed by atoms with Gasteiger partial charge in [-0.1, -0.05) is 12.1 Å². The number of nitrogens with one attached hydrogen (secondary N) is 3. The molecule has 2 aromatic carbocycles. The van der Waals surface area contributed by atoms with Gasteiger partial charge in [-0.25, -0.2) is 4.79 Å². The molecule has 28 heavy (non-hydrogen) atoms. The van der Waals surface area contributed by atoms with Gasteiger partial charge in [0.05, 0.1) is 11.4 Å². The van der Waals surface area contributed by atoms with E-state index in [4.69, 9.17) is 0 Å². The standard InChI is InChI=1S/C22H24N4O2/c1-14-15(2)23-18-10-9-16(13-17(14)18)21(27)24-19-7-3-4-8-20(19)25-22(28)26-11-5-6-12-26/h3-4,7-10,13,23H,5-6,11-12H2,1-2H3,(H,24,27)(H,25,28). The second-order valence-electron chi connectivity index (χ2n) is 7.26. The van der Waals surface area contributed by atoms with Crippen LogP contribution in [-0.4, -0.2) is 34.9 Å². The number of benzene rings is 2. The summed E-state index contributed by atoms with van der Waals surface area (Å²) in [5.74, 6) is -0.206. The Bertz CT molecular complexity index is 1050. The molecular weight excluding hydrogens is 352 g/mol. The first-order chi connectivity index (χ1) is 13.5. The average molecular weight is 376 g/mol. The van der Waals surface area contributed by atoms with Crippen LogP contribution in [0.5, 0.6) is 0 Å². The molecule has 2 heterocycles. The number of aryl methyl sites for hydroxylation is 2. The summed E-state index contributed by atoms with van der Waals surface area (Å²) in [6.07, 6.45) is 2.07. The van der Waals surface area contributed by atoms with Crippen LogP contribution >= 0.6 is 0 Å². The molecule has 3 N–H and O–H groups in total. The molecule has 0 unspecified atom stereocenters. The number of nitrogens with zero attached hydrogens (tertiary/aromatic N) is 1. The van der Waals surface area contributed by atoms with Crippen molar-refractivity contribution in [2.75, 3.05) is 23.7 Å². The van der Waals surface area contributed by atoms with Crippen LogP contribution in [-0.2, 0) is 0 Å². The lowest BCUT2D eigenvalue weighted by molar-refractivity contribution is 0.102. The van der Waals surface area contributed by atoms with Crippen LogP contribution < -0.4 is 10.6 Å². The molecule has 1 aromatic heterocycles. The van der Waals surface area contributed by atoms with E-state index in [1.165, 1.54) is 0 Å². The number of para-hydroxylation sites is 2. The van der Waals surface area contributed by atoms with E-state index in [9.17, 15) is 9.59 Å². The van der Waals surface area contributed by atoms with Crippen molar-refractivity contribution in [2.24, 2.45) is 0 Å². The number of carbonyl (C=O) groups excluding carboxylic acids is 2. The number of fused-ring (bicyclic) bond motifs is 1. The van der Waals surface area contributed by atoms with Crippen LogP contribution in [0.2, 0.25) is 0 Å². The van der Waals surface area contributed by atoms with Gasteiger partial charge in [0.25, 0.3) is 5.91 Å². The molecule has 3 amide bonds. The molecule has 0 atom stereocenters. The van der Waals surface area contributed by atoms with E-state index in [-0.39, 0.29) is 11.9 Å². The molecule has 1 aliphatic rings. The highest BCUT2D eigenvalue weighted by Gasteiger charge is 2.19. The number of aromatic nitrogens is 1. The monoisotopic (exact) mass is 376 g/mol. The fourth-order valence-corrected chi connectivity index (χ4v) is 3.61. The maximum atomic E-state index is 12.8. The van der Waals surface area contributed by atoms with E-state index in [0.717, 1.165) is 48.1 Å². The van der Waals surface area contributed by atoms with Gasteiger partial charge in [-0.05, 0) is 62.6 Å². The molecule has 4 rings (SSSR count). The average Bonchev–Trinajstić information content (AvgIpc) is 3.32. The van der Waals surface area contributed by atoms with Crippen LogP contribution in [0.1, 0.15) is 34.5 Å². The summed E-state index contributed by atoms with van der Waals surface area (Å²) in [6, 6.07) is 12.8. The minimum atomic E-state index is -0.206. The van der Waals surface area contributed by atoms with Crippen LogP contribution in [0.4, 0.5) is 16.2 Å². The number of carbonyl (C=O) groups is 2. The number of likely N-dealkylation sites (tertiary alicyclic amines) is 1. The van der Waals surface area contributed by atoms with Crippen molar-refractivity contribution < 1.29 is 9.59 Å². The fourth-order valence-electron chi connectivity index (χ4n) is 3.61. The SMILES string of the molecule is Cc1[nH]c2ccc(C(=O)Nc3ccccc3NC(=O)N3CCCC3)cc2c1C. The Labute approximate surface area is 163 Å². The number of hydrogen-bond acceptors (Lipinski definition) is 2. The van der Waals surface area contributed by atoms with Crippen LogP contribution in [0.3, 0.4) is 0 Å². The third kappa shape index (κ3) is 3.45. The van der Waals surface area contributed by atoms with E-state index < -0.39 is 0 Å². The Morgan fingerprint density at radius 2 is 1.64 bits per heavy atom. The van der Waals surface area contributed by atoms with E-state index in [0.29, 0.717) is 16.9 Å². The maximum absolute atomic E-state index is 12.8. The Balaban J connectivity index is 1.54. The lowest BCUT2D eigenvalue weighted by Crippen LogP contribution is -2.32. The minimum absolute atomic E-state index is 0.126. The summed E-state index contributed by atoms with van der Waals surface area (Å²) in [5, 5.41) is 6.89. The van der Waals surface area contributed by atoms with E-state index >= 15 is 0 Å². The molecule has 1 aliphatic heterocycles. The predicted molar refractivity (Wildman–Crippen MR) is 112 cm³/mol. The number of urea groups is 1. The van der Waals surface area contributed by atoms with Gasteiger partial charge in [0, 0.05) is 35.2 Å². The van der Waals surface area contributed by atoms with Crippen LogP contribution in [0, 0.1) is 13.8 Å². The van der Waals surface area contributed by atoms with Crippen molar-refractivity contribution in [2.45, 2.75) is 26.7 Å². The number of rotatable bonds is 3. The molecule has 144 valence electrons. The van der Waals surface area contributed by atoms with Gasteiger partial charge in [0.2, 0.25) is 0 Å². The van der Waals surface area contributed by atoms with E-state index in [1.54, 1.807) is 23.1 Å². The van der Waals surface area contributed by atoms with Crippen molar-refractivity contribution in [1.29, 1.82) is 0 Å². The van der Waals surface area contributed by atoms with Crippen LogP contribution in [0.25, 0.3) is 10.9 Å². The van der Waals surface area contributed by atoms with Gasteiger partial charge in [-0.2, -0.15) is 0 Å². The Morgan fingerprint density at radius 3 is 2.36 bits per heavy atom. The van der Waals surface area contributed by atoms with Crippen molar-refractivity contribution in [3.05, 3.63) is 59.3 Å². The molecule has 6 nitrogen and oxygen atoms in total. The number of anilines is 2. The molecule has 1 fully saturated rings. The molecule has 0 aliphatic carbocycles. The van der Waals surface area contributed by atoms with Gasteiger partial charge in [-0.3, -0.25) is 4.79 Å². The van der Waals surface area contributed by atoms with E-state index in [1.807, 2.05) is 38.1 Å². The zero-order valence-corrected chi connectivity index (χ0v) is 16.1. The summed E-state index contributed by atoms with van der Waals surface area (Å²) < 4.78 is 0. The zero-order chi connectivity index (χ0) is 19.7. The van der Waals surface area contributed by atoms with Gasteiger partial charge in [0.15, 0.2) is 0 Å². The Morgan fingerprint density at radius 1 is 0.964 bits per heavy atom. The number of amides is 3. The quantitative estimate of drug-likeness (QED) is 0.621. The predicted octanol–water partition coefficient (Wildman–Crippen LogP) is 4.66. The number of H-pyrrole nitrogens is 1. The first kappa shape index (κ1) is 18.1. The van der Waals surface area contributed by atoms with Gasteiger partial charge >= 0.3 is 6.03 Å². The van der Waals surface area contributed by atoms with Crippen molar-refractivity contribution in [1.82, 2.24) is 9.88 Å². The third-order valence-electron chi connectivity index (χ3n) is 5.38. The van der Waals surface area contributed by atoms with Crippen LogP contribution in [0.15, 0.2) is 42.5 Å². The summed E-state index contributed by atoms with van der Waals surface area (Å²) in [6.45, 7) is 5.61. The fraction of sp³-hybridized carbons (Fsp3) is 0.273. The number of hydrogen-bond donors (Lipinski definition) is 3. The summed E-state index contributed by atoms with van der Waals surface area (Å²) >= 11 is 0. The van der Waals surface area contributed by atoms with Gasteiger partial charge in [0.1, 0.15) is 0 Å². The number of aromatic amines is 1. The third-order valence-corrected chi connectivity index (χ3v) is 5.38. The molecule has 0 spiro atoms. The molecule has 6 heteroatoms. The molecule has 0 radical (unpaired) electrons. The largest absolute Gasteiger partial charge is 0.358 e. The highest BCUT2D eigenvalue weighted by atomic mass is 16.2. The summed E-state index contributed by atoms with van der Waals surface area (Å²) in [5.41, 5.74) is 5.02. The molecule has 0 bridgehead atoms. The first-order valence-corrected chi connectivity index (χ1v) is 9.58. The molecule has 3 aromatic rings. The normalized spacial score (nSPS) is 13.7. The van der Waals surface area contributed by atoms with Crippen molar-refractivity contribution in [3.8, 4) is 0 Å². The first-order valence-electron chi connectivity index (χ1n) is 9.58. The van der Waals surface area contributed by atoms with Crippen molar-refractivity contribution in [3.63, 3.8) is 0 Å². The van der Waals surface area contributed by atoms with Gasteiger partial charge in [-0.15, -0.1) is 0 Å². The zero-order valence-electron chi connectivity index (χ0n) is 16.1.